The Bertz CT molecular complexity index is 196. The maximum atomic E-state index is 5.89. The Morgan fingerprint density at radius 2 is 2.47 bits per heavy atom. The minimum Gasteiger partial charge on any atom is -0.381 e. The first-order chi connectivity index (χ1) is 7.26. The molecule has 0 aromatic heterocycles. The summed E-state index contributed by atoms with van der Waals surface area (Å²) in [6.45, 7) is 5.39. The van der Waals surface area contributed by atoms with Crippen LogP contribution in [0.1, 0.15) is 32.1 Å². The number of nitrogens with one attached hydrogen (secondary N) is 1. The molecule has 1 rings (SSSR count). The zero-order valence-corrected chi connectivity index (χ0v) is 9.80. The van der Waals surface area contributed by atoms with Crippen LogP contribution in [0.3, 0.4) is 0 Å². The zero-order chi connectivity index (χ0) is 11.1. The predicted molar refractivity (Wildman–Crippen MR) is 63.9 cm³/mol. The first-order valence-corrected chi connectivity index (χ1v) is 5.85. The summed E-state index contributed by atoms with van der Waals surface area (Å²) >= 11 is 0. The average Bonchev–Trinajstić information content (AvgIpc) is 2.30. The van der Waals surface area contributed by atoms with E-state index in [1.165, 1.54) is 19.3 Å². The Hall–Kier alpha value is -0.380. The van der Waals surface area contributed by atoms with E-state index < -0.39 is 0 Å². The molecular formula is C12H24N2O. The van der Waals surface area contributed by atoms with Gasteiger partial charge in [0.25, 0.3) is 0 Å². The van der Waals surface area contributed by atoms with E-state index in [0.717, 1.165) is 19.4 Å². The van der Waals surface area contributed by atoms with E-state index in [9.17, 15) is 0 Å². The Morgan fingerprint density at radius 1 is 1.67 bits per heavy atom. The van der Waals surface area contributed by atoms with E-state index in [1.54, 1.807) is 7.11 Å². The van der Waals surface area contributed by atoms with Crippen molar-refractivity contribution in [2.75, 3.05) is 20.2 Å². The first kappa shape index (κ1) is 12.7. The van der Waals surface area contributed by atoms with E-state index in [1.807, 2.05) is 6.08 Å². The van der Waals surface area contributed by atoms with Crippen LogP contribution in [-0.2, 0) is 4.74 Å². The number of ether oxygens (including phenoxy) is 1. The van der Waals surface area contributed by atoms with Gasteiger partial charge in [-0.05, 0) is 38.6 Å². The van der Waals surface area contributed by atoms with Gasteiger partial charge in [0.2, 0.25) is 0 Å². The van der Waals surface area contributed by atoms with Crippen LogP contribution in [-0.4, -0.2) is 31.8 Å². The molecule has 0 radical (unpaired) electrons. The minimum atomic E-state index is 0.0991. The number of methoxy groups -OCH3 is 1. The van der Waals surface area contributed by atoms with Crippen LogP contribution in [0, 0.1) is 0 Å². The highest BCUT2D eigenvalue weighted by atomic mass is 16.5. The van der Waals surface area contributed by atoms with Crippen molar-refractivity contribution >= 4 is 0 Å². The Labute approximate surface area is 93.1 Å². The summed E-state index contributed by atoms with van der Waals surface area (Å²) in [4.78, 5) is 0. The summed E-state index contributed by atoms with van der Waals surface area (Å²) in [5.74, 6) is 0. The van der Waals surface area contributed by atoms with Crippen LogP contribution in [0.4, 0.5) is 0 Å². The van der Waals surface area contributed by atoms with Crippen molar-refractivity contribution < 1.29 is 4.74 Å². The third kappa shape index (κ3) is 3.59. The molecule has 0 amide bonds. The third-order valence-corrected chi connectivity index (χ3v) is 3.37. The lowest BCUT2D eigenvalue weighted by atomic mass is 9.80. The molecule has 0 aromatic rings. The molecule has 2 atom stereocenters. The number of rotatable bonds is 6. The Morgan fingerprint density at radius 3 is 3.07 bits per heavy atom. The fourth-order valence-corrected chi connectivity index (χ4v) is 2.37. The summed E-state index contributed by atoms with van der Waals surface area (Å²) in [6.07, 6.45) is 7.89. The molecule has 88 valence electrons. The van der Waals surface area contributed by atoms with Crippen molar-refractivity contribution in [3.05, 3.63) is 12.7 Å². The summed E-state index contributed by atoms with van der Waals surface area (Å²) in [5, 5.41) is 3.57. The van der Waals surface area contributed by atoms with Gasteiger partial charge in [-0.25, -0.2) is 0 Å². The van der Waals surface area contributed by atoms with Crippen molar-refractivity contribution in [2.45, 2.75) is 43.7 Å². The lowest BCUT2D eigenvalue weighted by Crippen LogP contribution is -2.55. The fourth-order valence-electron chi connectivity index (χ4n) is 2.37. The molecule has 2 unspecified atom stereocenters. The van der Waals surface area contributed by atoms with Gasteiger partial charge >= 0.3 is 0 Å². The van der Waals surface area contributed by atoms with Gasteiger partial charge in [-0.15, -0.1) is 6.58 Å². The predicted octanol–water partition coefficient (Wildman–Crippen LogP) is 1.44. The van der Waals surface area contributed by atoms with Gasteiger partial charge in [0, 0.05) is 19.2 Å². The number of nitrogens with two attached hydrogens (primary N) is 1. The largest absolute Gasteiger partial charge is 0.381 e. The lowest BCUT2D eigenvalue weighted by Gasteiger charge is -2.40. The van der Waals surface area contributed by atoms with Crippen LogP contribution in [0.25, 0.3) is 0 Å². The average molecular weight is 212 g/mol. The Balaban J connectivity index is 2.46. The normalized spacial score (nSPS) is 31.5. The summed E-state index contributed by atoms with van der Waals surface area (Å²) in [6, 6.07) is 0. The highest BCUT2D eigenvalue weighted by Crippen LogP contribution is 2.29. The molecule has 1 fully saturated rings. The molecule has 0 saturated heterocycles. The molecule has 0 aliphatic heterocycles. The second-order valence-corrected chi connectivity index (χ2v) is 4.44. The lowest BCUT2D eigenvalue weighted by molar-refractivity contribution is 0.0331. The van der Waals surface area contributed by atoms with Crippen molar-refractivity contribution in [1.82, 2.24) is 5.32 Å². The molecule has 1 aliphatic carbocycles. The molecule has 3 nitrogen and oxygen atoms in total. The van der Waals surface area contributed by atoms with Crippen molar-refractivity contribution in [3.8, 4) is 0 Å². The second kappa shape index (κ2) is 6.26. The maximum Gasteiger partial charge on any atom is 0.0589 e. The molecule has 3 heteroatoms. The van der Waals surface area contributed by atoms with E-state index in [4.69, 9.17) is 10.5 Å². The smallest absolute Gasteiger partial charge is 0.0589 e. The van der Waals surface area contributed by atoms with E-state index >= 15 is 0 Å². The third-order valence-electron chi connectivity index (χ3n) is 3.37. The summed E-state index contributed by atoms with van der Waals surface area (Å²) < 4.78 is 5.44. The van der Waals surface area contributed by atoms with Gasteiger partial charge < -0.3 is 15.8 Å². The monoisotopic (exact) mass is 212 g/mol. The van der Waals surface area contributed by atoms with Crippen LogP contribution in [0.2, 0.25) is 0 Å². The minimum absolute atomic E-state index is 0.0991. The summed E-state index contributed by atoms with van der Waals surface area (Å²) in [7, 11) is 1.79. The fraction of sp³-hybridized carbons (Fsp3) is 0.833. The topological polar surface area (TPSA) is 47.3 Å². The standard InChI is InChI=1S/C12H24N2O/c1-3-4-8-14-12(10-13)7-5-6-11(9-12)15-2/h3,11,14H,1,4-10,13H2,2H3. The van der Waals surface area contributed by atoms with Gasteiger partial charge in [0.1, 0.15) is 0 Å². The quantitative estimate of drug-likeness (QED) is 0.517. The maximum absolute atomic E-state index is 5.89. The van der Waals surface area contributed by atoms with Crippen LogP contribution in [0.15, 0.2) is 12.7 Å². The molecule has 15 heavy (non-hydrogen) atoms. The van der Waals surface area contributed by atoms with E-state index in [2.05, 4.69) is 11.9 Å². The van der Waals surface area contributed by atoms with Gasteiger partial charge in [-0.2, -0.15) is 0 Å². The van der Waals surface area contributed by atoms with Crippen LogP contribution in [0.5, 0.6) is 0 Å². The highest BCUT2D eigenvalue weighted by molar-refractivity contribution is 4.95. The molecular weight excluding hydrogens is 188 g/mol. The molecule has 0 heterocycles. The van der Waals surface area contributed by atoms with Crippen molar-refractivity contribution in [1.29, 1.82) is 0 Å². The molecule has 3 N–H and O–H groups in total. The van der Waals surface area contributed by atoms with E-state index in [-0.39, 0.29) is 5.54 Å². The van der Waals surface area contributed by atoms with Crippen LogP contribution < -0.4 is 11.1 Å². The highest BCUT2D eigenvalue weighted by Gasteiger charge is 2.34. The van der Waals surface area contributed by atoms with Gasteiger partial charge in [0.15, 0.2) is 0 Å². The number of hydrogen-bond acceptors (Lipinski definition) is 3. The van der Waals surface area contributed by atoms with E-state index in [0.29, 0.717) is 12.6 Å². The molecule has 0 aromatic carbocycles. The molecule has 0 spiro atoms. The van der Waals surface area contributed by atoms with Gasteiger partial charge in [-0.1, -0.05) is 6.08 Å². The van der Waals surface area contributed by atoms with Gasteiger partial charge in [-0.3, -0.25) is 0 Å². The van der Waals surface area contributed by atoms with Crippen molar-refractivity contribution in [3.63, 3.8) is 0 Å². The zero-order valence-electron chi connectivity index (χ0n) is 9.80. The number of hydrogen-bond donors (Lipinski definition) is 2. The molecule has 1 saturated carbocycles. The first-order valence-electron chi connectivity index (χ1n) is 5.85. The SMILES string of the molecule is C=CCCNC1(CN)CCCC(OC)C1. The van der Waals surface area contributed by atoms with Crippen molar-refractivity contribution in [2.24, 2.45) is 5.73 Å². The summed E-state index contributed by atoms with van der Waals surface area (Å²) in [5.41, 5.74) is 5.99. The Kier molecular flexibility index (Phi) is 5.29. The second-order valence-electron chi connectivity index (χ2n) is 4.44. The van der Waals surface area contributed by atoms with Crippen LogP contribution >= 0.6 is 0 Å². The van der Waals surface area contributed by atoms with Gasteiger partial charge in [0.05, 0.1) is 6.10 Å². The molecule has 1 aliphatic rings. The molecule has 0 bridgehead atoms.